The maximum Gasteiger partial charge on any atom is 0.337 e. The van der Waals surface area contributed by atoms with Crippen LogP contribution in [0.2, 0.25) is 0 Å². The number of carbonyl (C=O) groups excluding carboxylic acids is 12. The van der Waals surface area contributed by atoms with E-state index in [1.807, 2.05) is 48.5 Å². The van der Waals surface area contributed by atoms with Crippen molar-refractivity contribution in [2.75, 3.05) is 67.1 Å². The summed E-state index contributed by atoms with van der Waals surface area (Å²) in [6.45, 7) is 23.6. The van der Waals surface area contributed by atoms with Crippen LogP contribution in [0.15, 0.2) is 97.1 Å². The maximum atomic E-state index is 14.0. The van der Waals surface area contributed by atoms with E-state index >= 15 is 0 Å². The van der Waals surface area contributed by atoms with Crippen LogP contribution in [0.3, 0.4) is 0 Å². The molecule has 0 amide bonds. The Morgan fingerprint density at radius 2 is 0.466 bits per heavy atom. The standard InChI is InChI=1S/C92H120O26/c1-13-17-21-25-29-33-107-85-71-39-67(57-115-89(101)61(5)53-111-81(97)37-65(9)93)41-73(85)48-75-43-69(59-117-91(103)63(7)55-113-83(99)51-79(95)105-11)45-77(87(75)109-35-31-27-23-19-15-3)50-78-46-70(60-118-92(104)64(8)56-114-84(100)52-80(96)106-12)44-76(88(78)110-36-32-28-24-20-16-4)49-74-42-68(40-72(47-71)86(74)108-34-30-26-22-18-14-2)58-116-90(102)62(6)54-112-82(98)38-66(10)94/h39-46H,5-8,13-38,47-60H2,1-4,9-12H3. The van der Waals surface area contributed by atoms with E-state index in [0.717, 1.165) is 117 Å². The summed E-state index contributed by atoms with van der Waals surface area (Å²) >= 11 is 0. The van der Waals surface area contributed by atoms with E-state index in [4.69, 9.17) is 56.8 Å². The van der Waals surface area contributed by atoms with E-state index in [2.05, 4.69) is 63.5 Å². The molecule has 0 saturated heterocycles. The van der Waals surface area contributed by atoms with Gasteiger partial charge in [-0.05, 0) is 155 Å². The predicted molar refractivity (Wildman–Crippen MR) is 437 cm³/mol. The van der Waals surface area contributed by atoms with Gasteiger partial charge in [-0.2, -0.15) is 0 Å². The number of fused-ring (bicyclic) bond motifs is 8. The Hall–Kier alpha value is -10.9. The molecule has 644 valence electrons. The van der Waals surface area contributed by atoms with Crippen molar-refractivity contribution in [3.63, 3.8) is 0 Å². The lowest BCUT2D eigenvalue weighted by Gasteiger charge is -2.25. The lowest BCUT2D eigenvalue weighted by atomic mass is 9.88. The summed E-state index contributed by atoms with van der Waals surface area (Å²) < 4.78 is 82.8. The highest BCUT2D eigenvalue weighted by Crippen LogP contribution is 2.42. The van der Waals surface area contributed by atoms with Crippen molar-refractivity contribution >= 4 is 71.3 Å². The number of ether oxygens (including phenoxy) is 14. The number of unbranched alkanes of at least 4 members (excludes halogenated alkanes) is 16. The van der Waals surface area contributed by atoms with Crippen LogP contribution in [0.5, 0.6) is 23.0 Å². The number of rotatable bonds is 56. The number of carbonyl (C=O) groups is 12. The minimum atomic E-state index is -0.956. The smallest absolute Gasteiger partial charge is 0.337 e. The van der Waals surface area contributed by atoms with Crippen molar-refractivity contribution in [2.24, 2.45) is 0 Å². The first-order valence-corrected chi connectivity index (χ1v) is 40.9. The van der Waals surface area contributed by atoms with Crippen molar-refractivity contribution in [1.29, 1.82) is 0 Å². The summed E-state index contributed by atoms with van der Waals surface area (Å²) in [6.07, 6.45) is 15.5. The Bertz CT molecular complexity index is 3720. The van der Waals surface area contributed by atoms with Gasteiger partial charge in [0.2, 0.25) is 0 Å². The van der Waals surface area contributed by atoms with Crippen molar-refractivity contribution < 1.29 is 124 Å². The predicted octanol–water partition coefficient (Wildman–Crippen LogP) is 15.4. The van der Waals surface area contributed by atoms with Gasteiger partial charge in [0.15, 0.2) is 0 Å². The van der Waals surface area contributed by atoms with E-state index < -0.39 is 123 Å². The molecule has 0 unspecified atom stereocenters. The molecule has 0 atom stereocenters. The Labute approximate surface area is 693 Å². The zero-order valence-corrected chi connectivity index (χ0v) is 70.3. The largest absolute Gasteiger partial charge is 0.493 e. The summed E-state index contributed by atoms with van der Waals surface area (Å²) in [7, 11) is 2.24. The minimum absolute atomic E-state index is 0.0260. The molecule has 1 aliphatic carbocycles. The zero-order chi connectivity index (χ0) is 86.3. The number of hydrogen-bond donors (Lipinski definition) is 0. The summed E-state index contributed by atoms with van der Waals surface area (Å²) in [5, 5.41) is 0. The molecule has 0 aliphatic heterocycles. The normalized spacial score (nSPS) is 11.3. The van der Waals surface area contributed by atoms with E-state index in [0.29, 0.717) is 115 Å². The van der Waals surface area contributed by atoms with Crippen LogP contribution in [0.25, 0.3) is 0 Å². The number of methoxy groups -OCH3 is 2. The molecule has 0 heterocycles. The Morgan fingerprint density at radius 1 is 0.271 bits per heavy atom. The quantitative estimate of drug-likeness (QED) is 0.0115. The molecular weight excluding hydrogens is 1520 g/mol. The van der Waals surface area contributed by atoms with E-state index in [1.54, 1.807) is 0 Å². The third-order valence-electron chi connectivity index (χ3n) is 18.8. The molecule has 26 heteroatoms. The summed E-state index contributed by atoms with van der Waals surface area (Å²) in [4.78, 5) is 154. The zero-order valence-electron chi connectivity index (χ0n) is 70.3. The molecule has 4 aromatic carbocycles. The molecular formula is C92H120O26. The van der Waals surface area contributed by atoms with E-state index in [1.165, 1.54) is 13.8 Å². The second-order valence-electron chi connectivity index (χ2n) is 29.4. The number of hydrogen-bond acceptors (Lipinski definition) is 26. The van der Waals surface area contributed by atoms with Gasteiger partial charge in [-0.15, -0.1) is 0 Å². The van der Waals surface area contributed by atoms with Crippen LogP contribution in [-0.4, -0.2) is 138 Å². The molecule has 0 saturated carbocycles. The number of Topliss-reactive ketones (excluding diaryl/α,β-unsaturated/α-hetero) is 2. The topological polar surface area (TPSA) is 334 Å². The molecule has 4 aromatic rings. The van der Waals surface area contributed by atoms with Crippen LogP contribution < -0.4 is 18.9 Å². The van der Waals surface area contributed by atoms with Crippen LogP contribution in [0, 0.1) is 0 Å². The van der Waals surface area contributed by atoms with E-state index in [-0.39, 0.29) is 101 Å². The van der Waals surface area contributed by atoms with Gasteiger partial charge in [-0.1, -0.05) is 157 Å². The van der Waals surface area contributed by atoms with Crippen molar-refractivity contribution in [2.45, 2.75) is 248 Å². The maximum absolute atomic E-state index is 14.0. The molecule has 5 rings (SSSR count). The van der Waals surface area contributed by atoms with Gasteiger partial charge in [0.25, 0.3) is 0 Å². The van der Waals surface area contributed by atoms with Crippen molar-refractivity contribution in [3.05, 3.63) is 164 Å². The number of ketones is 2. The first kappa shape index (κ1) is 97.7. The van der Waals surface area contributed by atoms with Crippen LogP contribution in [-0.2, 0) is 157 Å². The fraction of sp³-hybridized carbons (Fsp3) is 0.522. The number of benzene rings is 4. The SMILES string of the molecule is C=C(COC(=O)CC(C)=O)C(=O)OCc1cc2c(OCCCCCCC)c(c1)Cc1cc(COC(=O)C(=C)COC(=O)CC(=O)OC)cc(c1OCCCCCCC)Cc1cc(COC(=O)C(=C)COC(=O)CC(=O)OC)cc(c1OCCCCCCC)Cc1cc(COC(=O)C(=C)COC(=O)CC(C)=O)cc(c1OCCCCCCC)C2. The van der Waals surface area contributed by atoms with Crippen LogP contribution in [0.4, 0.5) is 0 Å². The Balaban J connectivity index is 1.98. The lowest BCUT2D eigenvalue weighted by molar-refractivity contribution is -0.155. The lowest BCUT2D eigenvalue weighted by Crippen LogP contribution is -2.17. The number of esters is 10. The van der Waals surface area contributed by atoms with Gasteiger partial charge in [0.1, 0.15) is 113 Å². The fourth-order valence-electron chi connectivity index (χ4n) is 12.7. The van der Waals surface area contributed by atoms with Crippen LogP contribution >= 0.6 is 0 Å². The van der Waals surface area contributed by atoms with Crippen LogP contribution in [0.1, 0.15) is 262 Å². The van der Waals surface area contributed by atoms with Crippen molar-refractivity contribution in [1.82, 2.24) is 0 Å². The molecule has 0 spiro atoms. The molecule has 1 aliphatic rings. The summed E-state index contributed by atoms with van der Waals surface area (Å²) in [5.41, 5.74) is 5.64. The summed E-state index contributed by atoms with van der Waals surface area (Å²) in [5.74, 6) is -7.97. The average Bonchev–Trinajstić information content (AvgIpc) is 0.769. The highest BCUT2D eigenvalue weighted by Gasteiger charge is 2.28. The second kappa shape index (κ2) is 54.1. The fourth-order valence-corrected chi connectivity index (χ4v) is 12.7. The van der Waals surface area contributed by atoms with Gasteiger partial charge in [-0.25, -0.2) is 19.2 Å². The molecule has 0 aromatic heterocycles. The highest BCUT2D eigenvalue weighted by atomic mass is 16.6. The molecule has 0 N–H and O–H groups in total. The molecule has 118 heavy (non-hydrogen) atoms. The van der Waals surface area contributed by atoms with Gasteiger partial charge < -0.3 is 66.3 Å². The first-order valence-electron chi connectivity index (χ1n) is 40.9. The average molecular weight is 1640 g/mol. The molecule has 0 radical (unpaired) electrons. The molecule has 26 nitrogen and oxygen atoms in total. The third-order valence-corrected chi connectivity index (χ3v) is 18.8. The monoisotopic (exact) mass is 1640 g/mol. The Kier molecular flexibility index (Phi) is 44.8. The summed E-state index contributed by atoms with van der Waals surface area (Å²) in [6, 6.07) is 14.9. The molecule has 0 fully saturated rings. The third kappa shape index (κ3) is 36.3. The van der Waals surface area contributed by atoms with E-state index in [9.17, 15) is 57.5 Å². The second-order valence-corrected chi connectivity index (χ2v) is 29.4. The van der Waals surface area contributed by atoms with Gasteiger partial charge in [0.05, 0.1) is 62.9 Å². The molecule has 8 bridgehead atoms. The highest BCUT2D eigenvalue weighted by molar-refractivity contribution is 5.96. The van der Waals surface area contributed by atoms with Gasteiger partial charge >= 0.3 is 59.7 Å². The van der Waals surface area contributed by atoms with Crippen molar-refractivity contribution in [3.8, 4) is 23.0 Å². The van der Waals surface area contributed by atoms with Gasteiger partial charge in [0, 0.05) is 25.7 Å². The Morgan fingerprint density at radius 3 is 0.653 bits per heavy atom. The van der Waals surface area contributed by atoms with Gasteiger partial charge in [-0.3, -0.25) is 38.4 Å². The minimum Gasteiger partial charge on any atom is -0.493 e. The first-order chi connectivity index (χ1) is 56.7.